The molecular weight excluding hydrogens is 346 g/mol. The van der Waals surface area contributed by atoms with Crippen molar-refractivity contribution in [2.75, 3.05) is 0 Å². The molecule has 1 saturated carbocycles. The van der Waals surface area contributed by atoms with Gasteiger partial charge in [0.15, 0.2) is 0 Å². The van der Waals surface area contributed by atoms with Crippen molar-refractivity contribution in [3.05, 3.63) is 26.6 Å². The molecule has 17 heavy (non-hydrogen) atoms. The van der Waals surface area contributed by atoms with E-state index in [0.717, 1.165) is 21.4 Å². The van der Waals surface area contributed by atoms with E-state index in [-0.39, 0.29) is 5.75 Å². The van der Waals surface area contributed by atoms with Crippen LogP contribution in [0.4, 0.5) is 0 Å². The third kappa shape index (κ3) is 3.46. The van der Waals surface area contributed by atoms with Gasteiger partial charge in [-0.3, -0.25) is 0 Å². The van der Waals surface area contributed by atoms with Gasteiger partial charge in [-0.2, -0.15) is 0 Å². The third-order valence-corrected chi connectivity index (χ3v) is 4.58. The number of rotatable bonds is 3. The van der Waals surface area contributed by atoms with E-state index in [1.807, 2.05) is 12.1 Å². The first-order valence-electron chi connectivity index (χ1n) is 5.96. The summed E-state index contributed by atoms with van der Waals surface area (Å²) in [5, 5.41) is 13.2. The molecule has 0 radical (unpaired) electrons. The van der Waals surface area contributed by atoms with Crippen LogP contribution in [0.25, 0.3) is 0 Å². The molecule has 2 atom stereocenters. The number of halogens is 2. The zero-order valence-electron chi connectivity index (χ0n) is 9.84. The minimum absolute atomic E-state index is 0.267. The minimum atomic E-state index is 0.267. The Kier molecular flexibility index (Phi) is 4.50. The molecule has 1 aromatic carbocycles. The van der Waals surface area contributed by atoms with Crippen LogP contribution >= 0.6 is 31.9 Å². The summed E-state index contributed by atoms with van der Waals surface area (Å²) >= 11 is 6.70. The average Bonchev–Trinajstić information content (AvgIpc) is 2.69. The molecule has 2 N–H and O–H groups in total. The first kappa shape index (κ1) is 13.4. The van der Waals surface area contributed by atoms with E-state index in [0.29, 0.717) is 6.04 Å². The fourth-order valence-corrected chi connectivity index (χ4v) is 3.66. The maximum atomic E-state index is 9.63. The molecule has 0 aliphatic heterocycles. The Balaban J connectivity index is 1.95. The summed E-state index contributed by atoms with van der Waals surface area (Å²) in [6, 6.07) is 4.58. The summed E-state index contributed by atoms with van der Waals surface area (Å²) in [6.45, 7) is 3.17. The number of hydrogen-bond donors (Lipinski definition) is 2. The van der Waals surface area contributed by atoms with Gasteiger partial charge in [0.1, 0.15) is 5.75 Å². The molecule has 0 spiro atoms. The van der Waals surface area contributed by atoms with Crippen LogP contribution in [0.15, 0.2) is 21.1 Å². The predicted molar refractivity (Wildman–Crippen MR) is 77.1 cm³/mol. The SMILES string of the molecule is CC1CCC(NCc2cc(Br)c(O)c(Br)c2)C1. The van der Waals surface area contributed by atoms with Gasteiger partial charge >= 0.3 is 0 Å². The number of aromatic hydroxyl groups is 1. The highest BCUT2D eigenvalue weighted by Gasteiger charge is 2.20. The smallest absolute Gasteiger partial charge is 0.143 e. The number of nitrogens with one attached hydrogen (secondary N) is 1. The molecule has 1 aliphatic rings. The lowest BCUT2D eigenvalue weighted by Crippen LogP contribution is -2.25. The number of benzene rings is 1. The van der Waals surface area contributed by atoms with E-state index < -0.39 is 0 Å². The summed E-state index contributed by atoms with van der Waals surface area (Å²) < 4.78 is 1.48. The highest BCUT2D eigenvalue weighted by atomic mass is 79.9. The molecule has 2 nitrogen and oxygen atoms in total. The molecule has 1 aromatic rings. The fraction of sp³-hybridized carbons (Fsp3) is 0.538. The van der Waals surface area contributed by atoms with Crippen LogP contribution in [0, 0.1) is 5.92 Å². The van der Waals surface area contributed by atoms with Crippen molar-refractivity contribution in [2.45, 2.75) is 38.8 Å². The monoisotopic (exact) mass is 361 g/mol. The second-order valence-electron chi connectivity index (χ2n) is 4.90. The van der Waals surface area contributed by atoms with Gasteiger partial charge in [-0.25, -0.2) is 0 Å². The van der Waals surface area contributed by atoms with Gasteiger partial charge in [-0.15, -0.1) is 0 Å². The van der Waals surface area contributed by atoms with Crippen LogP contribution in [-0.2, 0) is 6.54 Å². The van der Waals surface area contributed by atoms with Crippen molar-refractivity contribution < 1.29 is 5.11 Å². The fourth-order valence-electron chi connectivity index (χ4n) is 2.37. The number of phenols is 1. The van der Waals surface area contributed by atoms with Crippen LogP contribution in [0.3, 0.4) is 0 Å². The summed E-state index contributed by atoms with van der Waals surface area (Å²) in [7, 11) is 0. The zero-order valence-corrected chi connectivity index (χ0v) is 13.0. The normalized spacial score (nSPS) is 24.2. The topological polar surface area (TPSA) is 32.3 Å². The highest BCUT2D eigenvalue weighted by molar-refractivity contribution is 9.11. The average molecular weight is 363 g/mol. The van der Waals surface area contributed by atoms with Crippen LogP contribution < -0.4 is 5.32 Å². The molecule has 1 fully saturated rings. The largest absolute Gasteiger partial charge is 0.506 e. The molecule has 0 heterocycles. The molecule has 0 saturated heterocycles. The van der Waals surface area contributed by atoms with Crippen LogP contribution in [0.2, 0.25) is 0 Å². The summed E-state index contributed by atoms with van der Waals surface area (Å²) in [6.07, 6.45) is 3.89. The van der Waals surface area contributed by atoms with Gasteiger partial charge in [-0.05, 0) is 74.7 Å². The van der Waals surface area contributed by atoms with E-state index in [1.54, 1.807) is 0 Å². The second kappa shape index (κ2) is 5.72. The van der Waals surface area contributed by atoms with Crippen molar-refractivity contribution in [1.29, 1.82) is 0 Å². The van der Waals surface area contributed by atoms with Gasteiger partial charge in [0.05, 0.1) is 8.95 Å². The Morgan fingerprint density at radius 1 is 1.29 bits per heavy atom. The number of phenolic OH excluding ortho intramolecular Hbond substituents is 1. The minimum Gasteiger partial charge on any atom is -0.506 e. The van der Waals surface area contributed by atoms with E-state index in [2.05, 4.69) is 44.1 Å². The summed E-state index contributed by atoms with van der Waals surface area (Å²) in [5.41, 5.74) is 1.18. The van der Waals surface area contributed by atoms with Crippen LogP contribution in [0.1, 0.15) is 31.7 Å². The molecular formula is C13H17Br2NO. The Bertz CT molecular complexity index is 385. The molecule has 2 unspecified atom stereocenters. The van der Waals surface area contributed by atoms with E-state index in [9.17, 15) is 5.11 Å². The quantitative estimate of drug-likeness (QED) is 0.844. The van der Waals surface area contributed by atoms with Crippen molar-refractivity contribution in [3.63, 3.8) is 0 Å². The predicted octanol–water partition coefficient (Wildman–Crippen LogP) is 4.20. The Morgan fingerprint density at radius 3 is 2.47 bits per heavy atom. The lowest BCUT2D eigenvalue weighted by Gasteiger charge is -2.13. The van der Waals surface area contributed by atoms with Crippen molar-refractivity contribution in [3.8, 4) is 5.75 Å². The number of hydrogen-bond acceptors (Lipinski definition) is 2. The molecule has 1 aliphatic carbocycles. The van der Waals surface area contributed by atoms with Crippen molar-refractivity contribution >= 4 is 31.9 Å². The molecule has 0 amide bonds. The van der Waals surface area contributed by atoms with Crippen molar-refractivity contribution in [1.82, 2.24) is 5.32 Å². The van der Waals surface area contributed by atoms with Gasteiger partial charge in [-0.1, -0.05) is 6.92 Å². The lowest BCUT2D eigenvalue weighted by molar-refractivity contribution is 0.467. The third-order valence-electron chi connectivity index (χ3n) is 3.37. The van der Waals surface area contributed by atoms with E-state index in [1.165, 1.54) is 24.8 Å². The first-order valence-corrected chi connectivity index (χ1v) is 7.55. The van der Waals surface area contributed by atoms with E-state index in [4.69, 9.17) is 0 Å². The van der Waals surface area contributed by atoms with Crippen LogP contribution in [-0.4, -0.2) is 11.1 Å². The standard InChI is InChI=1S/C13H17Br2NO/c1-8-2-3-10(4-8)16-7-9-5-11(14)13(17)12(15)6-9/h5-6,8,10,16-17H,2-4,7H2,1H3. The van der Waals surface area contributed by atoms with Gasteiger partial charge < -0.3 is 10.4 Å². The molecule has 0 aromatic heterocycles. The maximum absolute atomic E-state index is 9.63. The molecule has 4 heteroatoms. The van der Waals surface area contributed by atoms with Crippen LogP contribution in [0.5, 0.6) is 5.75 Å². The zero-order chi connectivity index (χ0) is 12.4. The molecule has 94 valence electrons. The van der Waals surface area contributed by atoms with Gasteiger partial charge in [0.25, 0.3) is 0 Å². The Morgan fingerprint density at radius 2 is 1.94 bits per heavy atom. The Labute approximate surface area is 119 Å². The van der Waals surface area contributed by atoms with Crippen molar-refractivity contribution in [2.24, 2.45) is 5.92 Å². The molecule has 2 rings (SSSR count). The van der Waals surface area contributed by atoms with Gasteiger partial charge in [0, 0.05) is 12.6 Å². The van der Waals surface area contributed by atoms with Gasteiger partial charge in [0.2, 0.25) is 0 Å². The lowest BCUT2D eigenvalue weighted by atomic mass is 10.1. The maximum Gasteiger partial charge on any atom is 0.143 e. The first-order chi connectivity index (χ1) is 8.06. The Hall–Kier alpha value is -0.0600. The highest BCUT2D eigenvalue weighted by Crippen LogP contribution is 2.33. The second-order valence-corrected chi connectivity index (χ2v) is 6.61. The summed E-state index contributed by atoms with van der Waals surface area (Å²) in [4.78, 5) is 0. The molecule has 0 bridgehead atoms. The van der Waals surface area contributed by atoms with E-state index >= 15 is 0 Å². The summed E-state index contributed by atoms with van der Waals surface area (Å²) in [5.74, 6) is 1.12.